The number of rotatable bonds is 5. The average Bonchev–Trinajstić information content (AvgIpc) is 3.48. The van der Waals surface area contributed by atoms with Crippen molar-refractivity contribution >= 4 is 0 Å². The van der Waals surface area contributed by atoms with Gasteiger partial charge in [0.1, 0.15) is 11.6 Å². The lowest BCUT2D eigenvalue weighted by Crippen LogP contribution is -2.21. The van der Waals surface area contributed by atoms with Crippen LogP contribution in [0.3, 0.4) is 0 Å². The first-order valence-corrected chi connectivity index (χ1v) is 9.96. The van der Waals surface area contributed by atoms with Crippen molar-refractivity contribution < 1.29 is 28.4 Å². The number of H-pyrrole nitrogens is 1. The molecule has 0 bridgehead atoms. The minimum Gasteiger partial charge on any atom is -0.493 e. The molecule has 0 saturated heterocycles. The van der Waals surface area contributed by atoms with Gasteiger partial charge in [0.25, 0.3) is 0 Å². The number of allylic oxidation sites excluding steroid dienone is 1. The van der Waals surface area contributed by atoms with Gasteiger partial charge in [-0.1, -0.05) is 6.07 Å². The summed E-state index contributed by atoms with van der Waals surface area (Å²) in [5, 5.41) is 17.3. The summed E-state index contributed by atoms with van der Waals surface area (Å²) in [5.41, 5.74) is 9.03. The molecule has 3 aromatic rings. The highest BCUT2D eigenvalue weighted by molar-refractivity contribution is 5.74. The molecule has 168 valence electrons. The quantitative estimate of drug-likeness (QED) is 0.604. The third-order valence-electron chi connectivity index (χ3n) is 5.65. The number of ether oxygens (including phenoxy) is 6. The summed E-state index contributed by atoms with van der Waals surface area (Å²) in [6.07, 6.45) is 0. The topological polar surface area (TPSA) is 134 Å². The minimum absolute atomic E-state index is 0.0319. The van der Waals surface area contributed by atoms with Crippen molar-refractivity contribution in [1.82, 2.24) is 10.2 Å². The maximum Gasteiger partial charge on any atom is 0.244 e. The molecule has 2 aliphatic heterocycles. The number of nitrogens with one attached hydrogen (secondary N) is 1. The number of fused-ring (bicyclic) bond motifs is 2. The predicted octanol–water partition coefficient (Wildman–Crippen LogP) is 3.05. The summed E-state index contributed by atoms with van der Waals surface area (Å²) in [4.78, 5) is 0. The second-order valence-corrected chi connectivity index (χ2v) is 7.23. The van der Waals surface area contributed by atoms with Crippen LogP contribution in [0.5, 0.6) is 34.6 Å². The van der Waals surface area contributed by atoms with Crippen LogP contribution in [0.2, 0.25) is 0 Å². The van der Waals surface area contributed by atoms with E-state index in [1.807, 2.05) is 18.2 Å². The van der Waals surface area contributed by atoms with E-state index in [0.29, 0.717) is 45.6 Å². The van der Waals surface area contributed by atoms with Gasteiger partial charge in [0.05, 0.1) is 38.5 Å². The van der Waals surface area contributed by atoms with E-state index in [0.717, 1.165) is 5.56 Å². The van der Waals surface area contributed by atoms with Gasteiger partial charge in [-0.25, -0.2) is 0 Å². The molecule has 3 N–H and O–H groups in total. The first-order chi connectivity index (χ1) is 16.1. The van der Waals surface area contributed by atoms with Crippen molar-refractivity contribution in [2.75, 3.05) is 28.1 Å². The third-order valence-corrected chi connectivity index (χ3v) is 5.65. The van der Waals surface area contributed by atoms with E-state index in [1.54, 1.807) is 12.1 Å². The van der Waals surface area contributed by atoms with Crippen molar-refractivity contribution in [2.45, 2.75) is 5.92 Å². The molecule has 2 aromatic carbocycles. The van der Waals surface area contributed by atoms with Gasteiger partial charge in [-0.3, -0.25) is 5.10 Å². The molecule has 2 aliphatic rings. The summed E-state index contributed by atoms with van der Waals surface area (Å²) < 4.78 is 33.3. The van der Waals surface area contributed by atoms with Gasteiger partial charge in [0.15, 0.2) is 23.0 Å². The highest BCUT2D eigenvalue weighted by atomic mass is 16.7. The lowest BCUT2D eigenvalue weighted by molar-refractivity contribution is 0.174. The number of nitriles is 1. The molecule has 1 aromatic heterocycles. The molecular formula is C23H20N4O6. The highest BCUT2D eigenvalue weighted by Gasteiger charge is 2.38. The molecule has 0 spiro atoms. The Balaban J connectivity index is 1.75. The number of benzene rings is 2. The second kappa shape index (κ2) is 7.87. The van der Waals surface area contributed by atoms with Crippen molar-refractivity contribution in [3.63, 3.8) is 0 Å². The largest absolute Gasteiger partial charge is 0.493 e. The van der Waals surface area contributed by atoms with Crippen molar-refractivity contribution in [3.8, 4) is 52.0 Å². The highest BCUT2D eigenvalue weighted by Crippen LogP contribution is 2.52. The normalized spacial score (nSPS) is 16.0. The van der Waals surface area contributed by atoms with Gasteiger partial charge >= 0.3 is 0 Å². The number of aromatic nitrogens is 2. The molecule has 0 saturated carbocycles. The summed E-state index contributed by atoms with van der Waals surface area (Å²) in [6, 6.07) is 11.3. The summed E-state index contributed by atoms with van der Waals surface area (Å²) >= 11 is 0. The van der Waals surface area contributed by atoms with E-state index in [9.17, 15) is 5.26 Å². The predicted molar refractivity (Wildman–Crippen MR) is 116 cm³/mol. The fraction of sp³-hybridized carbons (Fsp3) is 0.217. The lowest BCUT2D eigenvalue weighted by atomic mass is 9.82. The van der Waals surface area contributed by atoms with E-state index in [1.165, 1.54) is 21.3 Å². The van der Waals surface area contributed by atoms with Crippen LogP contribution < -0.4 is 34.2 Å². The zero-order valence-corrected chi connectivity index (χ0v) is 18.1. The Hall–Kier alpha value is -4.52. The van der Waals surface area contributed by atoms with Crippen LogP contribution in [-0.2, 0) is 0 Å². The Kier molecular flexibility index (Phi) is 4.86. The Morgan fingerprint density at radius 3 is 2.58 bits per heavy atom. The summed E-state index contributed by atoms with van der Waals surface area (Å²) in [5.74, 6) is 2.16. The Morgan fingerprint density at radius 2 is 1.85 bits per heavy atom. The molecule has 0 amide bonds. The molecule has 1 atom stereocenters. The maximum absolute atomic E-state index is 10.0. The number of hydrogen-bond acceptors (Lipinski definition) is 9. The Bertz CT molecular complexity index is 1320. The standard InChI is InChI=1S/C23H20N4O6/c1-28-15-7-5-12(20(29-2)21(15)30-3)17-13(9-24)22(25)33-23-18(17)19(26-27-23)11-4-6-14-16(8-11)32-10-31-14/h4-8,17H,10,25H2,1-3H3,(H,26,27)/t17-/m1/s1. The van der Waals surface area contributed by atoms with E-state index in [2.05, 4.69) is 16.3 Å². The number of nitrogens with two attached hydrogens (primary N) is 1. The molecule has 3 heterocycles. The first-order valence-electron chi connectivity index (χ1n) is 9.96. The van der Waals surface area contributed by atoms with Crippen molar-refractivity contribution in [2.24, 2.45) is 5.73 Å². The molecule has 5 rings (SSSR count). The fourth-order valence-electron chi connectivity index (χ4n) is 4.18. The van der Waals surface area contributed by atoms with Crippen molar-refractivity contribution in [1.29, 1.82) is 5.26 Å². The zero-order chi connectivity index (χ0) is 23.1. The Labute approximate surface area is 189 Å². The number of aromatic amines is 1. The van der Waals surface area contributed by atoms with Crippen LogP contribution in [0.15, 0.2) is 41.8 Å². The molecule has 0 unspecified atom stereocenters. The molecule has 0 fully saturated rings. The fourth-order valence-corrected chi connectivity index (χ4v) is 4.18. The number of nitrogens with zero attached hydrogens (tertiary/aromatic N) is 2. The summed E-state index contributed by atoms with van der Waals surface area (Å²) in [6.45, 7) is 0.159. The van der Waals surface area contributed by atoms with Crippen LogP contribution >= 0.6 is 0 Å². The smallest absolute Gasteiger partial charge is 0.244 e. The number of hydrogen-bond donors (Lipinski definition) is 2. The van der Waals surface area contributed by atoms with Gasteiger partial charge < -0.3 is 34.2 Å². The number of methoxy groups -OCH3 is 3. The monoisotopic (exact) mass is 448 g/mol. The van der Waals surface area contributed by atoms with Gasteiger partial charge in [-0.2, -0.15) is 5.26 Å². The van der Waals surface area contributed by atoms with Crippen LogP contribution in [0.4, 0.5) is 0 Å². The van der Waals surface area contributed by atoms with Crippen molar-refractivity contribution in [3.05, 3.63) is 52.9 Å². The molecule has 0 radical (unpaired) electrons. The van der Waals surface area contributed by atoms with Crippen LogP contribution in [0.1, 0.15) is 17.0 Å². The van der Waals surface area contributed by atoms with E-state index in [4.69, 9.17) is 34.2 Å². The maximum atomic E-state index is 10.0. The van der Waals surface area contributed by atoms with Gasteiger partial charge in [0, 0.05) is 11.1 Å². The SMILES string of the molecule is COc1ccc([C@@H]2C(C#N)=C(N)Oc3n[nH]c(-c4ccc5c(c4)OCO5)c32)c(OC)c1OC. The molecule has 0 aliphatic carbocycles. The first kappa shape index (κ1) is 20.4. The van der Waals surface area contributed by atoms with Gasteiger partial charge in [0.2, 0.25) is 24.3 Å². The van der Waals surface area contributed by atoms with E-state index in [-0.39, 0.29) is 24.1 Å². The molecular weight excluding hydrogens is 428 g/mol. The Morgan fingerprint density at radius 1 is 1.06 bits per heavy atom. The minimum atomic E-state index is -0.646. The van der Waals surface area contributed by atoms with Gasteiger partial charge in [-0.05, 0) is 24.3 Å². The van der Waals surface area contributed by atoms with Crippen LogP contribution in [0.25, 0.3) is 11.3 Å². The van der Waals surface area contributed by atoms with Crippen LogP contribution in [-0.4, -0.2) is 38.3 Å². The zero-order valence-electron chi connectivity index (χ0n) is 18.1. The average molecular weight is 448 g/mol. The third kappa shape index (κ3) is 3.05. The van der Waals surface area contributed by atoms with E-state index < -0.39 is 5.92 Å². The molecule has 33 heavy (non-hydrogen) atoms. The molecule has 10 nitrogen and oxygen atoms in total. The lowest BCUT2D eigenvalue weighted by Gasteiger charge is -2.26. The van der Waals surface area contributed by atoms with Crippen LogP contribution in [0, 0.1) is 11.3 Å². The van der Waals surface area contributed by atoms with Gasteiger partial charge in [-0.15, -0.1) is 5.10 Å². The molecule has 10 heteroatoms. The summed E-state index contributed by atoms with van der Waals surface area (Å²) in [7, 11) is 4.58. The van der Waals surface area contributed by atoms with E-state index >= 15 is 0 Å². The second-order valence-electron chi connectivity index (χ2n) is 7.23.